The van der Waals surface area contributed by atoms with Crippen molar-refractivity contribution in [3.63, 3.8) is 0 Å². The summed E-state index contributed by atoms with van der Waals surface area (Å²) in [6.45, 7) is 0. The van der Waals surface area contributed by atoms with Crippen molar-refractivity contribution in [3.8, 4) is 5.69 Å². The number of benzene rings is 2. The third kappa shape index (κ3) is 2.00. The highest BCUT2D eigenvalue weighted by molar-refractivity contribution is 6.02. The average molecular weight is 304 g/mol. The Morgan fingerprint density at radius 3 is 2.52 bits per heavy atom. The van der Waals surface area contributed by atoms with Gasteiger partial charge in [0.15, 0.2) is 0 Å². The molecule has 0 atom stereocenters. The summed E-state index contributed by atoms with van der Waals surface area (Å²) in [5, 5.41) is 4.52. The maximum absolute atomic E-state index is 12.6. The maximum Gasteiger partial charge on any atom is 0.280 e. The molecule has 0 fully saturated rings. The lowest BCUT2D eigenvalue weighted by molar-refractivity contribution is 0.100. The number of H-pyrrole nitrogens is 1. The van der Waals surface area contributed by atoms with Crippen LogP contribution in [0.2, 0.25) is 0 Å². The van der Waals surface area contributed by atoms with Gasteiger partial charge in [0.05, 0.1) is 22.1 Å². The molecule has 6 heteroatoms. The summed E-state index contributed by atoms with van der Waals surface area (Å²) in [6.07, 6.45) is 1.57. The minimum atomic E-state index is -0.504. The fourth-order valence-corrected chi connectivity index (χ4v) is 2.66. The van der Waals surface area contributed by atoms with Crippen LogP contribution < -0.4 is 11.3 Å². The van der Waals surface area contributed by atoms with Crippen molar-refractivity contribution in [2.75, 3.05) is 0 Å². The van der Waals surface area contributed by atoms with Crippen LogP contribution in [0.5, 0.6) is 0 Å². The Kier molecular flexibility index (Phi) is 2.77. The number of pyridine rings is 1. The number of amides is 1. The topological polar surface area (TPSA) is 93.8 Å². The van der Waals surface area contributed by atoms with Gasteiger partial charge in [0.1, 0.15) is 0 Å². The monoisotopic (exact) mass is 304 g/mol. The fourth-order valence-electron chi connectivity index (χ4n) is 2.66. The summed E-state index contributed by atoms with van der Waals surface area (Å²) >= 11 is 0. The van der Waals surface area contributed by atoms with E-state index in [4.69, 9.17) is 5.73 Å². The standard InChI is InChI=1S/C17H12N4O2/c18-16(22)10-5-7-11(8-6-10)21-17(23)13-9-19-14-4-2-1-3-12(14)15(13)20-21/h1-9,20H,(H2,18,22). The number of primary amides is 1. The molecule has 6 nitrogen and oxygen atoms in total. The number of nitrogens with zero attached hydrogens (tertiary/aromatic N) is 2. The second-order valence-electron chi connectivity index (χ2n) is 5.23. The average Bonchev–Trinajstić information content (AvgIpc) is 2.92. The maximum atomic E-state index is 12.6. The molecule has 0 saturated heterocycles. The predicted octanol–water partition coefficient (Wildman–Crippen LogP) is 1.97. The highest BCUT2D eigenvalue weighted by Crippen LogP contribution is 2.20. The zero-order valence-electron chi connectivity index (χ0n) is 12.0. The molecule has 0 aliphatic rings. The zero-order chi connectivity index (χ0) is 16.0. The van der Waals surface area contributed by atoms with E-state index < -0.39 is 5.91 Å². The fraction of sp³-hybridized carbons (Fsp3) is 0. The number of hydrogen-bond donors (Lipinski definition) is 2. The summed E-state index contributed by atoms with van der Waals surface area (Å²) in [7, 11) is 0. The molecule has 0 bridgehead atoms. The van der Waals surface area contributed by atoms with Gasteiger partial charge in [-0.3, -0.25) is 19.7 Å². The Bertz CT molecular complexity index is 1110. The third-order valence-electron chi connectivity index (χ3n) is 3.84. The van der Waals surface area contributed by atoms with E-state index in [1.165, 1.54) is 4.68 Å². The molecule has 3 N–H and O–H groups in total. The number of nitrogens with one attached hydrogen (secondary N) is 1. The van der Waals surface area contributed by atoms with Crippen molar-refractivity contribution in [3.05, 3.63) is 70.6 Å². The van der Waals surface area contributed by atoms with Crippen LogP contribution in [0.25, 0.3) is 27.5 Å². The highest BCUT2D eigenvalue weighted by Gasteiger charge is 2.12. The number of nitrogens with two attached hydrogens (primary N) is 1. The number of rotatable bonds is 2. The van der Waals surface area contributed by atoms with Gasteiger partial charge in [-0.15, -0.1) is 0 Å². The molecule has 0 aliphatic carbocycles. The van der Waals surface area contributed by atoms with E-state index in [2.05, 4.69) is 10.1 Å². The van der Waals surface area contributed by atoms with Crippen molar-refractivity contribution in [2.45, 2.75) is 0 Å². The van der Waals surface area contributed by atoms with Crippen LogP contribution in [0.15, 0.2) is 59.5 Å². The van der Waals surface area contributed by atoms with Crippen molar-refractivity contribution >= 4 is 27.7 Å². The second kappa shape index (κ2) is 4.81. The molecule has 0 aliphatic heterocycles. The molecule has 4 aromatic rings. The number of carbonyl (C=O) groups excluding carboxylic acids is 1. The van der Waals surface area contributed by atoms with E-state index in [9.17, 15) is 9.59 Å². The summed E-state index contributed by atoms with van der Waals surface area (Å²) in [4.78, 5) is 28.1. The van der Waals surface area contributed by atoms with Crippen LogP contribution in [0.1, 0.15) is 10.4 Å². The van der Waals surface area contributed by atoms with E-state index in [0.29, 0.717) is 16.6 Å². The number of carbonyl (C=O) groups is 1. The third-order valence-corrected chi connectivity index (χ3v) is 3.84. The lowest BCUT2D eigenvalue weighted by atomic mass is 10.2. The Labute approximate surface area is 130 Å². The van der Waals surface area contributed by atoms with Crippen molar-refractivity contribution < 1.29 is 4.79 Å². The molecule has 0 unspecified atom stereocenters. The van der Waals surface area contributed by atoms with Crippen molar-refractivity contribution in [1.29, 1.82) is 0 Å². The van der Waals surface area contributed by atoms with Crippen LogP contribution in [0, 0.1) is 0 Å². The summed E-state index contributed by atoms with van der Waals surface area (Å²) in [5.41, 5.74) is 7.61. The molecule has 0 saturated carbocycles. The molecular weight excluding hydrogens is 292 g/mol. The molecule has 2 aromatic carbocycles. The number of para-hydroxylation sites is 1. The largest absolute Gasteiger partial charge is 0.366 e. The van der Waals surface area contributed by atoms with Gasteiger partial charge in [-0.25, -0.2) is 4.68 Å². The van der Waals surface area contributed by atoms with Crippen LogP contribution >= 0.6 is 0 Å². The molecule has 2 aromatic heterocycles. The minimum absolute atomic E-state index is 0.190. The lowest BCUT2D eigenvalue weighted by Crippen LogP contribution is -2.15. The van der Waals surface area contributed by atoms with Gasteiger partial charge < -0.3 is 5.73 Å². The smallest absolute Gasteiger partial charge is 0.280 e. The molecule has 0 radical (unpaired) electrons. The number of fused-ring (bicyclic) bond motifs is 3. The van der Waals surface area contributed by atoms with Crippen molar-refractivity contribution in [2.24, 2.45) is 5.73 Å². The molecule has 112 valence electrons. The molecule has 1 amide bonds. The van der Waals surface area contributed by atoms with Crippen LogP contribution in [0.3, 0.4) is 0 Å². The minimum Gasteiger partial charge on any atom is -0.366 e. The molecule has 4 rings (SSSR count). The Morgan fingerprint density at radius 2 is 1.78 bits per heavy atom. The Balaban J connectivity index is 1.97. The first-order valence-corrected chi connectivity index (χ1v) is 7.04. The highest BCUT2D eigenvalue weighted by atomic mass is 16.1. The molecule has 23 heavy (non-hydrogen) atoms. The van der Waals surface area contributed by atoms with Gasteiger partial charge in [0.25, 0.3) is 5.56 Å². The second-order valence-corrected chi connectivity index (χ2v) is 5.23. The molecule has 2 heterocycles. The number of aromatic nitrogens is 3. The van der Waals surface area contributed by atoms with Gasteiger partial charge in [-0.2, -0.15) is 0 Å². The number of aromatic amines is 1. The first-order chi connectivity index (χ1) is 11.1. The van der Waals surface area contributed by atoms with Crippen LogP contribution in [-0.4, -0.2) is 20.7 Å². The van der Waals surface area contributed by atoms with E-state index in [0.717, 1.165) is 16.4 Å². The lowest BCUT2D eigenvalue weighted by Gasteiger charge is -2.02. The van der Waals surface area contributed by atoms with Crippen LogP contribution in [-0.2, 0) is 0 Å². The van der Waals surface area contributed by atoms with E-state index in [1.54, 1.807) is 30.5 Å². The van der Waals surface area contributed by atoms with E-state index in [-0.39, 0.29) is 5.56 Å². The zero-order valence-corrected chi connectivity index (χ0v) is 12.0. The first-order valence-electron chi connectivity index (χ1n) is 7.04. The SMILES string of the molecule is NC(=O)c1ccc(-n2[nH]c3c(cnc4ccccc43)c2=O)cc1. The van der Waals surface area contributed by atoms with Gasteiger partial charge in [-0.1, -0.05) is 18.2 Å². The van der Waals surface area contributed by atoms with Gasteiger partial charge >= 0.3 is 0 Å². The molecular formula is C17H12N4O2. The quantitative estimate of drug-likeness (QED) is 0.593. The van der Waals surface area contributed by atoms with Gasteiger partial charge in [0.2, 0.25) is 5.91 Å². The van der Waals surface area contributed by atoms with Crippen LogP contribution in [0.4, 0.5) is 0 Å². The summed E-state index contributed by atoms with van der Waals surface area (Å²) in [5.74, 6) is -0.504. The van der Waals surface area contributed by atoms with E-state index in [1.807, 2.05) is 24.3 Å². The summed E-state index contributed by atoms with van der Waals surface area (Å²) < 4.78 is 1.43. The van der Waals surface area contributed by atoms with Gasteiger partial charge in [-0.05, 0) is 30.3 Å². The predicted molar refractivity (Wildman–Crippen MR) is 87.7 cm³/mol. The normalized spacial score (nSPS) is 11.1. The van der Waals surface area contributed by atoms with E-state index >= 15 is 0 Å². The Hall–Kier alpha value is -3.41. The number of hydrogen-bond acceptors (Lipinski definition) is 3. The first kappa shape index (κ1) is 13.3. The van der Waals surface area contributed by atoms with Crippen molar-refractivity contribution in [1.82, 2.24) is 14.8 Å². The Morgan fingerprint density at radius 1 is 1.04 bits per heavy atom. The summed E-state index contributed by atoms with van der Waals surface area (Å²) in [6, 6.07) is 14.1. The molecule has 0 spiro atoms. The van der Waals surface area contributed by atoms with Gasteiger partial charge in [0, 0.05) is 17.1 Å².